The van der Waals surface area contributed by atoms with Crippen LogP contribution in [0.3, 0.4) is 0 Å². The minimum Gasteiger partial charge on any atom is -0.296 e. The summed E-state index contributed by atoms with van der Waals surface area (Å²) in [6, 6.07) is 7.46. The molecule has 1 aromatic carbocycles. The fourth-order valence-electron chi connectivity index (χ4n) is 1.61. The summed E-state index contributed by atoms with van der Waals surface area (Å²) in [5.74, 6) is -0.141. The number of aryl methyl sites for hydroxylation is 2. The average Bonchev–Trinajstić information content (AvgIpc) is 2.84. The van der Waals surface area contributed by atoms with Gasteiger partial charge in [0.15, 0.2) is 0 Å². The van der Waals surface area contributed by atoms with Crippen molar-refractivity contribution in [3.63, 3.8) is 0 Å². The molecule has 1 aromatic heterocycles. The summed E-state index contributed by atoms with van der Waals surface area (Å²) in [7, 11) is 0. The van der Waals surface area contributed by atoms with Crippen LogP contribution < -0.4 is 5.32 Å². The zero-order chi connectivity index (χ0) is 13.7. The molecule has 100 valence electrons. The van der Waals surface area contributed by atoms with E-state index in [9.17, 15) is 4.79 Å². The van der Waals surface area contributed by atoms with Crippen LogP contribution in [-0.4, -0.2) is 16.1 Å². The Morgan fingerprint density at radius 1 is 1.26 bits per heavy atom. The smallest absolute Gasteiger partial charge is 0.257 e. The zero-order valence-corrected chi connectivity index (χ0v) is 12.0. The van der Waals surface area contributed by atoms with Gasteiger partial charge in [0, 0.05) is 12.0 Å². The number of carbonyl (C=O) groups excluding carboxylic acids is 1. The van der Waals surface area contributed by atoms with Gasteiger partial charge in [0.2, 0.25) is 5.13 Å². The van der Waals surface area contributed by atoms with E-state index in [4.69, 9.17) is 0 Å². The maximum atomic E-state index is 12.0. The number of amides is 1. The average molecular weight is 275 g/mol. The minimum atomic E-state index is -0.141. The van der Waals surface area contributed by atoms with Gasteiger partial charge in [-0.25, -0.2) is 0 Å². The van der Waals surface area contributed by atoms with Crippen molar-refractivity contribution in [3.8, 4) is 0 Å². The zero-order valence-electron chi connectivity index (χ0n) is 11.1. The van der Waals surface area contributed by atoms with Crippen molar-refractivity contribution in [2.24, 2.45) is 0 Å². The summed E-state index contributed by atoms with van der Waals surface area (Å²) in [4.78, 5) is 12.0. The van der Waals surface area contributed by atoms with Crippen LogP contribution in [0.5, 0.6) is 0 Å². The number of unbranched alkanes of at least 4 members (excludes halogenated alkanes) is 1. The maximum Gasteiger partial charge on any atom is 0.257 e. The Labute approximate surface area is 116 Å². The first-order valence-corrected chi connectivity index (χ1v) is 7.21. The van der Waals surface area contributed by atoms with Crippen molar-refractivity contribution in [2.45, 2.75) is 33.1 Å². The molecular weight excluding hydrogens is 258 g/mol. The SMILES string of the molecule is CCCCc1nnc(NC(=O)c2ccc(C)cc2)s1. The second-order valence-corrected chi connectivity index (χ2v) is 5.49. The van der Waals surface area contributed by atoms with E-state index in [0.717, 1.165) is 29.8 Å². The van der Waals surface area contributed by atoms with Gasteiger partial charge in [-0.05, 0) is 25.5 Å². The predicted molar refractivity (Wildman–Crippen MR) is 77.7 cm³/mol. The van der Waals surface area contributed by atoms with Gasteiger partial charge in [-0.15, -0.1) is 10.2 Å². The van der Waals surface area contributed by atoms with Crippen LogP contribution in [0, 0.1) is 6.92 Å². The van der Waals surface area contributed by atoms with E-state index in [1.165, 1.54) is 11.3 Å². The quantitative estimate of drug-likeness (QED) is 0.909. The molecule has 2 aromatic rings. The lowest BCUT2D eigenvalue weighted by molar-refractivity contribution is 0.102. The van der Waals surface area contributed by atoms with E-state index in [1.54, 1.807) is 0 Å². The Morgan fingerprint density at radius 3 is 2.68 bits per heavy atom. The summed E-state index contributed by atoms with van der Waals surface area (Å²) in [5.41, 5.74) is 1.77. The lowest BCUT2D eigenvalue weighted by Crippen LogP contribution is -2.11. The molecule has 0 saturated heterocycles. The van der Waals surface area contributed by atoms with Crippen LogP contribution in [0.2, 0.25) is 0 Å². The molecule has 0 atom stereocenters. The lowest BCUT2D eigenvalue weighted by atomic mass is 10.1. The van der Waals surface area contributed by atoms with Crippen molar-refractivity contribution in [1.82, 2.24) is 10.2 Å². The maximum absolute atomic E-state index is 12.0. The van der Waals surface area contributed by atoms with E-state index < -0.39 is 0 Å². The first-order chi connectivity index (χ1) is 9.19. The number of hydrogen-bond donors (Lipinski definition) is 1. The van der Waals surface area contributed by atoms with E-state index in [2.05, 4.69) is 22.4 Å². The molecular formula is C14H17N3OS. The highest BCUT2D eigenvalue weighted by Crippen LogP contribution is 2.18. The molecule has 0 unspecified atom stereocenters. The standard InChI is InChI=1S/C14H17N3OS/c1-3-4-5-12-16-17-14(19-12)15-13(18)11-8-6-10(2)7-9-11/h6-9H,3-5H2,1-2H3,(H,15,17,18). The van der Waals surface area contributed by atoms with Gasteiger partial charge in [-0.3, -0.25) is 10.1 Å². The van der Waals surface area contributed by atoms with Gasteiger partial charge in [0.25, 0.3) is 5.91 Å². The fraction of sp³-hybridized carbons (Fsp3) is 0.357. The van der Waals surface area contributed by atoms with Crippen molar-refractivity contribution in [3.05, 3.63) is 40.4 Å². The largest absolute Gasteiger partial charge is 0.296 e. The lowest BCUT2D eigenvalue weighted by Gasteiger charge is -2.01. The van der Waals surface area contributed by atoms with Gasteiger partial charge in [0.1, 0.15) is 5.01 Å². The molecule has 0 aliphatic carbocycles. The number of nitrogens with zero attached hydrogens (tertiary/aromatic N) is 2. The molecule has 0 saturated carbocycles. The van der Waals surface area contributed by atoms with E-state index in [1.807, 2.05) is 31.2 Å². The second kappa shape index (κ2) is 6.43. The normalized spacial score (nSPS) is 10.4. The third-order valence-electron chi connectivity index (χ3n) is 2.75. The van der Waals surface area contributed by atoms with Gasteiger partial charge in [-0.1, -0.05) is 42.4 Å². The third-order valence-corrected chi connectivity index (χ3v) is 3.64. The van der Waals surface area contributed by atoms with Crippen LogP contribution >= 0.6 is 11.3 Å². The van der Waals surface area contributed by atoms with E-state index >= 15 is 0 Å². The molecule has 0 bridgehead atoms. The van der Waals surface area contributed by atoms with Gasteiger partial charge >= 0.3 is 0 Å². The molecule has 1 heterocycles. The van der Waals surface area contributed by atoms with Crippen molar-refractivity contribution >= 4 is 22.4 Å². The molecule has 1 N–H and O–H groups in total. The Kier molecular flexibility index (Phi) is 4.63. The molecule has 0 radical (unpaired) electrons. The van der Waals surface area contributed by atoms with E-state index in [0.29, 0.717) is 10.7 Å². The molecule has 1 amide bonds. The monoisotopic (exact) mass is 275 g/mol. The summed E-state index contributed by atoms with van der Waals surface area (Å²) in [5, 5.41) is 12.4. The first kappa shape index (κ1) is 13.7. The highest BCUT2D eigenvalue weighted by Gasteiger charge is 2.09. The summed E-state index contributed by atoms with van der Waals surface area (Å²) in [6.45, 7) is 4.13. The summed E-state index contributed by atoms with van der Waals surface area (Å²) >= 11 is 1.44. The third kappa shape index (κ3) is 3.86. The molecule has 0 spiro atoms. The Bertz CT molecular complexity index is 548. The minimum absolute atomic E-state index is 0.141. The van der Waals surface area contributed by atoms with Crippen LogP contribution in [0.1, 0.15) is 40.7 Å². The molecule has 4 nitrogen and oxygen atoms in total. The molecule has 5 heteroatoms. The molecule has 2 rings (SSSR count). The summed E-state index contributed by atoms with van der Waals surface area (Å²) in [6.07, 6.45) is 3.15. The van der Waals surface area contributed by atoms with Gasteiger partial charge in [-0.2, -0.15) is 0 Å². The molecule has 0 aliphatic rings. The molecule has 0 aliphatic heterocycles. The number of rotatable bonds is 5. The number of nitrogens with one attached hydrogen (secondary N) is 1. The van der Waals surface area contributed by atoms with E-state index in [-0.39, 0.29) is 5.91 Å². The predicted octanol–water partition coefficient (Wildman–Crippen LogP) is 3.44. The van der Waals surface area contributed by atoms with Crippen LogP contribution in [0.25, 0.3) is 0 Å². The topological polar surface area (TPSA) is 54.9 Å². The highest BCUT2D eigenvalue weighted by atomic mass is 32.1. The van der Waals surface area contributed by atoms with Crippen molar-refractivity contribution in [1.29, 1.82) is 0 Å². The van der Waals surface area contributed by atoms with Crippen molar-refractivity contribution in [2.75, 3.05) is 5.32 Å². The van der Waals surface area contributed by atoms with Crippen LogP contribution in [0.15, 0.2) is 24.3 Å². The number of anilines is 1. The Hall–Kier alpha value is -1.75. The number of aromatic nitrogens is 2. The van der Waals surface area contributed by atoms with Crippen molar-refractivity contribution < 1.29 is 4.79 Å². The van der Waals surface area contributed by atoms with Crippen LogP contribution in [-0.2, 0) is 6.42 Å². The number of hydrogen-bond acceptors (Lipinski definition) is 4. The number of carbonyl (C=O) groups is 1. The molecule has 19 heavy (non-hydrogen) atoms. The molecule has 0 fully saturated rings. The van der Waals surface area contributed by atoms with Gasteiger partial charge < -0.3 is 0 Å². The fourth-order valence-corrected chi connectivity index (χ4v) is 2.38. The summed E-state index contributed by atoms with van der Waals surface area (Å²) < 4.78 is 0. The Morgan fingerprint density at radius 2 is 2.00 bits per heavy atom. The van der Waals surface area contributed by atoms with Gasteiger partial charge in [0.05, 0.1) is 0 Å². The highest BCUT2D eigenvalue weighted by molar-refractivity contribution is 7.15. The number of benzene rings is 1. The second-order valence-electron chi connectivity index (χ2n) is 4.42. The van der Waals surface area contributed by atoms with Crippen LogP contribution in [0.4, 0.5) is 5.13 Å². The first-order valence-electron chi connectivity index (χ1n) is 6.39. The Balaban J connectivity index is 1.98.